The molecule has 2 N–H and O–H groups in total. The van der Waals surface area contributed by atoms with E-state index in [4.69, 9.17) is 9.47 Å². The highest BCUT2D eigenvalue weighted by atomic mass is 16.5. The summed E-state index contributed by atoms with van der Waals surface area (Å²) in [5.41, 5.74) is 0. The zero-order valence-electron chi connectivity index (χ0n) is 18.8. The van der Waals surface area contributed by atoms with Gasteiger partial charge in [0.2, 0.25) is 5.91 Å². The number of rotatable bonds is 10. The molecule has 2 rings (SSSR count). The minimum Gasteiger partial charge on any atom is -0.379 e. The van der Waals surface area contributed by atoms with Gasteiger partial charge in [0.1, 0.15) is 6.54 Å². The number of hydrogen-bond donors (Lipinski definition) is 2. The zero-order valence-corrected chi connectivity index (χ0v) is 18.8. The number of morpholine rings is 1. The summed E-state index contributed by atoms with van der Waals surface area (Å²) in [5.74, 6) is 1.30. The van der Waals surface area contributed by atoms with E-state index in [1.54, 1.807) is 19.0 Å². The molecule has 29 heavy (non-hydrogen) atoms. The van der Waals surface area contributed by atoms with Crippen molar-refractivity contribution in [2.45, 2.75) is 51.7 Å². The maximum absolute atomic E-state index is 12.0. The van der Waals surface area contributed by atoms with Gasteiger partial charge in [-0.3, -0.25) is 9.69 Å². The number of carbonyl (C=O) groups excluding carboxylic acids is 1. The second-order valence-corrected chi connectivity index (χ2v) is 8.14. The molecular formula is C21H41N5O3. The second-order valence-electron chi connectivity index (χ2n) is 8.14. The molecule has 0 radical (unpaired) electrons. The molecule has 1 amide bonds. The number of nitrogens with one attached hydrogen (secondary N) is 2. The van der Waals surface area contributed by atoms with Crippen molar-refractivity contribution in [2.24, 2.45) is 10.9 Å². The number of likely N-dealkylation sites (N-methyl/N-ethyl adjacent to an activating group) is 1. The summed E-state index contributed by atoms with van der Waals surface area (Å²) < 4.78 is 11.3. The third-order valence-electron chi connectivity index (χ3n) is 5.98. The van der Waals surface area contributed by atoms with Gasteiger partial charge in [0.25, 0.3) is 0 Å². The highest BCUT2D eigenvalue weighted by molar-refractivity contribution is 5.84. The van der Waals surface area contributed by atoms with E-state index < -0.39 is 0 Å². The molecule has 2 atom stereocenters. The lowest BCUT2D eigenvalue weighted by Gasteiger charge is -2.39. The first-order valence-corrected chi connectivity index (χ1v) is 11.2. The molecule has 2 aliphatic rings. The van der Waals surface area contributed by atoms with E-state index in [9.17, 15) is 4.79 Å². The fourth-order valence-corrected chi connectivity index (χ4v) is 4.02. The maximum Gasteiger partial charge on any atom is 0.243 e. The standard InChI is InChI=1S/C21H41N5O3/c1-5-17(6-2)19(26-9-12-28-13-10-26)15-23-21(24-16-20(27)25(3)4)22-14-18-8-7-11-29-18/h17-19H,5-16H2,1-4H3,(H2,22,23,24). The first-order valence-electron chi connectivity index (χ1n) is 11.2. The lowest BCUT2D eigenvalue weighted by molar-refractivity contribution is -0.127. The van der Waals surface area contributed by atoms with Gasteiger partial charge < -0.3 is 25.0 Å². The third kappa shape index (κ3) is 8.10. The number of ether oxygens (including phenoxy) is 2. The molecule has 0 bridgehead atoms. The van der Waals surface area contributed by atoms with E-state index in [1.165, 1.54) is 0 Å². The van der Waals surface area contributed by atoms with Gasteiger partial charge in [0, 0.05) is 52.9 Å². The largest absolute Gasteiger partial charge is 0.379 e. The summed E-state index contributed by atoms with van der Waals surface area (Å²) >= 11 is 0. The summed E-state index contributed by atoms with van der Waals surface area (Å²) in [6, 6.07) is 0.424. The number of carbonyl (C=O) groups is 1. The topological polar surface area (TPSA) is 78.4 Å². The Morgan fingerprint density at radius 1 is 1.17 bits per heavy atom. The Bertz CT molecular complexity index is 499. The fourth-order valence-electron chi connectivity index (χ4n) is 4.02. The van der Waals surface area contributed by atoms with Crippen LogP contribution < -0.4 is 10.6 Å². The summed E-state index contributed by atoms with van der Waals surface area (Å²) in [6.45, 7) is 10.6. The van der Waals surface area contributed by atoms with Crippen LogP contribution >= 0.6 is 0 Å². The molecular weight excluding hydrogens is 370 g/mol. The molecule has 168 valence electrons. The lowest BCUT2D eigenvalue weighted by Crippen LogP contribution is -2.53. The van der Waals surface area contributed by atoms with Crippen LogP contribution in [0.15, 0.2) is 4.99 Å². The molecule has 0 aromatic rings. The predicted molar refractivity (Wildman–Crippen MR) is 116 cm³/mol. The average molecular weight is 412 g/mol. The SMILES string of the molecule is CCC(CC)C(CNC(=NCC(=O)N(C)C)NCC1CCCO1)N1CCOCC1. The van der Waals surface area contributed by atoms with Crippen LogP contribution in [0, 0.1) is 5.92 Å². The summed E-state index contributed by atoms with van der Waals surface area (Å²) in [7, 11) is 3.51. The van der Waals surface area contributed by atoms with Crippen LogP contribution in [0.2, 0.25) is 0 Å². The zero-order chi connectivity index (χ0) is 21.1. The van der Waals surface area contributed by atoms with E-state index >= 15 is 0 Å². The highest BCUT2D eigenvalue weighted by Crippen LogP contribution is 2.19. The Labute approximate surface area is 176 Å². The molecule has 0 aromatic carbocycles. The van der Waals surface area contributed by atoms with Crippen molar-refractivity contribution in [3.05, 3.63) is 0 Å². The molecule has 0 spiro atoms. The van der Waals surface area contributed by atoms with Gasteiger partial charge in [-0.05, 0) is 18.8 Å². The van der Waals surface area contributed by atoms with Crippen LogP contribution in [-0.4, -0.2) is 100 Å². The van der Waals surface area contributed by atoms with E-state index in [2.05, 4.69) is 34.4 Å². The van der Waals surface area contributed by atoms with Crippen molar-refractivity contribution >= 4 is 11.9 Å². The van der Waals surface area contributed by atoms with Gasteiger partial charge in [-0.25, -0.2) is 4.99 Å². The molecule has 2 aliphatic heterocycles. The van der Waals surface area contributed by atoms with Crippen LogP contribution in [0.25, 0.3) is 0 Å². The van der Waals surface area contributed by atoms with Crippen molar-refractivity contribution in [1.82, 2.24) is 20.4 Å². The normalized spacial score (nSPS) is 22.0. The lowest BCUT2D eigenvalue weighted by atomic mass is 9.92. The quantitative estimate of drug-likeness (QED) is 0.411. The van der Waals surface area contributed by atoms with Gasteiger partial charge in [0.15, 0.2) is 5.96 Å². The smallest absolute Gasteiger partial charge is 0.243 e. The Morgan fingerprint density at radius 2 is 1.90 bits per heavy atom. The number of guanidine groups is 1. The second kappa shape index (κ2) is 13.0. The van der Waals surface area contributed by atoms with Crippen LogP contribution in [0.3, 0.4) is 0 Å². The number of aliphatic imine (C=N–C) groups is 1. The Morgan fingerprint density at radius 3 is 2.48 bits per heavy atom. The fraction of sp³-hybridized carbons (Fsp3) is 0.905. The predicted octanol–water partition coefficient (Wildman–Crippen LogP) is 0.926. The number of amides is 1. The molecule has 2 unspecified atom stereocenters. The maximum atomic E-state index is 12.0. The van der Waals surface area contributed by atoms with E-state index in [0.717, 1.165) is 71.7 Å². The molecule has 0 aliphatic carbocycles. The van der Waals surface area contributed by atoms with Gasteiger partial charge in [0.05, 0.1) is 19.3 Å². The van der Waals surface area contributed by atoms with Gasteiger partial charge in [-0.15, -0.1) is 0 Å². The summed E-state index contributed by atoms with van der Waals surface area (Å²) in [5, 5.41) is 6.90. The molecule has 8 nitrogen and oxygen atoms in total. The molecule has 2 heterocycles. The van der Waals surface area contributed by atoms with E-state index in [-0.39, 0.29) is 18.6 Å². The Kier molecular flexibility index (Phi) is 10.7. The van der Waals surface area contributed by atoms with Crippen LogP contribution in [-0.2, 0) is 14.3 Å². The molecule has 0 saturated carbocycles. The first-order chi connectivity index (χ1) is 14.0. The molecule has 2 fully saturated rings. The summed E-state index contributed by atoms with van der Waals surface area (Å²) in [4.78, 5) is 20.7. The molecule has 2 saturated heterocycles. The highest BCUT2D eigenvalue weighted by Gasteiger charge is 2.27. The van der Waals surface area contributed by atoms with Gasteiger partial charge in [-0.2, -0.15) is 0 Å². The molecule has 0 aromatic heterocycles. The van der Waals surface area contributed by atoms with Crippen molar-refractivity contribution in [2.75, 3.05) is 66.6 Å². The minimum absolute atomic E-state index is 0.00654. The van der Waals surface area contributed by atoms with Crippen molar-refractivity contribution in [3.63, 3.8) is 0 Å². The van der Waals surface area contributed by atoms with Gasteiger partial charge in [-0.1, -0.05) is 26.7 Å². The average Bonchev–Trinajstić information content (AvgIpc) is 3.26. The Hall–Kier alpha value is -1.38. The van der Waals surface area contributed by atoms with E-state index in [1.807, 2.05) is 0 Å². The van der Waals surface area contributed by atoms with Crippen molar-refractivity contribution in [3.8, 4) is 0 Å². The van der Waals surface area contributed by atoms with Crippen molar-refractivity contribution < 1.29 is 14.3 Å². The van der Waals surface area contributed by atoms with E-state index in [0.29, 0.717) is 17.9 Å². The molecule has 8 heteroatoms. The van der Waals surface area contributed by atoms with Crippen LogP contribution in [0.5, 0.6) is 0 Å². The number of nitrogens with zero attached hydrogens (tertiary/aromatic N) is 3. The first kappa shape index (κ1) is 23.9. The van der Waals surface area contributed by atoms with Crippen LogP contribution in [0.1, 0.15) is 39.5 Å². The summed E-state index contributed by atoms with van der Waals surface area (Å²) in [6.07, 6.45) is 4.70. The Balaban J connectivity index is 2.00. The third-order valence-corrected chi connectivity index (χ3v) is 5.98. The number of hydrogen-bond acceptors (Lipinski definition) is 5. The monoisotopic (exact) mass is 411 g/mol. The minimum atomic E-state index is -0.00654. The van der Waals surface area contributed by atoms with Crippen molar-refractivity contribution in [1.29, 1.82) is 0 Å². The van der Waals surface area contributed by atoms with Crippen LogP contribution in [0.4, 0.5) is 0 Å². The van der Waals surface area contributed by atoms with Gasteiger partial charge >= 0.3 is 0 Å².